The van der Waals surface area contributed by atoms with Crippen molar-refractivity contribution in [1.82, 2.24) is 0 Å². The molecule has 0 aliphatic rings. The zero-order valence-electron chi connectivity index (χ0n) is 15.3. The molecular weight excluding hydrogens is 407 g/mol. The minimum absolute atomic E-state index is 0.00254. The van der Waals surface area contributed by atoms with Crippen molar-refractivity contribution in [3.63, 3.8) is 0 Å². The maximum Gasteiger partial charge on any atom is 0.405 e. The van der Waals surface area contributed by atoms with Crippen LogP contribution in [0.3, 0.4) is 0 Å². The van der Waals surface area contributed by atoms with Gasteiger partial charge in [-0.3, -0.25) is 4.55 Å². The summed E-state index contributed by atoms with van der Waals surface area (Å²) in [4.78, 5) is 23.5. The molecule has 0 saturated heterocycles. The maximum absolute atomic E-state index is 13.3. The highest BCUT2D eigenvalue weighted by molar-refractivity contribution is 7.86. The Morgan fingerprint density at radius 2 is 1.59 bits per heavy atom. The van der Waals surface area contributed by atoms with Crippen LogP contribution in [0.5, 0.6) is 5.75 Å². The first kappa shape index (κ1) is 24.9. The number of carbonyl (C=O) groups excluding carboxylic acids is 2. The third kappa shape index (κ3) is 6.43. The van der Waals surface area contributed by atoms with Gasteiger partial charge in [0.2, 0.25) is 0 Å². The van der Waals surface area contributed by atoms with Gasteiger partial charge in [-0.05, 0) is 18.1 Å². The molecule has 13 heteroatoms. The van der Waals surface area contributed by atoms with Gasteiger partial charge in [0, 0.05) is 12.2 Å². The Hall–Kier alpha value is -2.14. The van der Waals surface area contributed by atoms with Crippen LogP contribution < -0.4 is 4.74 Å². The molecule has 0 fully saturated rings. The van der Waals surface area contributed by atoms with Crippen molar-refractivity contribution in [3.05, 3.63) is 41.0 Å². The fourth-order valence-electron chi connectivity index (χ4n) is 2.14. The fourth-order valence-corrected chi connectivity index (χ4v) is 2.61. The zero-order chi connectivity index (χ0) is 22.4. The molecule has 0 spiro atoms. The molecular formula is C16H15B3F2O7S. The summed E-state index contributed by atoms with van der Waals surface area (Å²) in [5.41, 5.74) is 1.57. The van der Waals surface area contributed by atoms with Crippen LogP contribution in [0.4, 0.5) is 8.78 Å². The van der Waals surface area contributed by atoms with E-state index in [1.54, 1.807) is 12.1 Å². The van der Waals surface area contributed by atoms with E-state index in [1.807, 2.05) is 0 Å². The van der Waals surface area contributed by atoms with E-state index in [0.717, 1.165) is 0 Å². The van der Waals surface area contributed by atoms with Gasteiger partial charge in [0.05, 0.1) is 23.5 Å². The second kappa shape index (κ2) is 10.1. The Morgan fingerprint density at radius 3 is 2.00 bits per heavy atom. The summed E-state index contributed by atoms with van der Waals surface area (Å²) in [5.74, 6) is -2.46. The molecule has 1 aromatic carbocycles. The number of ether oxygens (including phenoxy) is 2. The molecule has 0 aliphatic heterocycles. The average molecular weight is 422 g/mol. The van der Waals surface area contributed by atoms with E-state index < -0.39 is 33.4 Å². The van der Waals surface area contributed by atoms with Gasteiger partial charge in [-0.15, -0.1) is 0 Å². The first-order valence-corrected chi connectivity index (χ1v) is 9.51. The van der Waals surface area contributed by atoms with E-state index in [0.29, 0.717) is 35.8 Å². The third-order valence-electron chi connectivity index (χ3n) is 3.65. The van der Waals surface area contributed by atoms with Gasteiger partial charge in [0.15, 0.2) is 6.10 Å². The van der Waals surface area contributed by atoms with Crippen molar-refractivity contribution < 1.29 is 40.8 Å². The van der Waals surface area contributed by atoms with Crippen molar-refractivity contribution in [2.45, 2.75) is 37.2 Å². The molecule has 7 nitrogen and oxygen atoms in total. The van der Waals surface area contributed by atoms with Gasteiger partial charge < -0.3 is 9.47 Å². The molecule has 1 atom stereocenters. The number of rotatable bonds is 9. The Morgan fingerprint density at radius 1 is 1.10 bits per heavy atom. The molecule has 1 unspecified atom stereocenters. The highest BCUT2D eigenvalue weighted by Crippen LogP contribution is 2.28. The number of hydrogen-bond acceptors (Lipinski definition) is 6. The number of hydrogen-bond donors (Lipinski definition) is 1. The van der Waals surface area contributed by atoms with Gasteiger partial charge >= 0.3 is 27.3 Å². The number of esters is 2. The van der Waals surface area contributed by atoms with Crippen LogP contribution in [-0.2, 0) is 43.4 Å². The molecule has 6 radical (unpaired) electrons. The Labute approximate surface area is 170 Å². The van der Waals surface area contributed by atoms with E-state index in [1.165, 1.54) is 0 Å². The Balaban J connectivity index is 2.90. The molecule has 150 valence electrons. The zero-order valence-corrected chi connectivity index (χ0v) is 16.1. The lowest BCUT2D eigenvalue weighted by Crippen LogP contribution is -2.41. The van der Waals surface area contributed by atoms with E-state index in [4.69, 9.17) is 32.8 Å². The van der Waals surface area contributed by atoms with Crippen LogP contribution in [-0.4, -0.2) is 59.8 Å². The maximum atomic E-state index is 13.3. The summed E-state index contributed by atoms with van der Waals surface area (Å²) in [6, 6.07) is 3.22. The van der Waals surface area contributed by atoms with Gasteiger partial charge in [-0.2, -0.15) is 17.2 Å². The molecule has 0 amide bonds. The van der Waals surface area contributed by atoms with Gasteiger partial charge in [-0.25, -0.2) is 9.59 Å². The van der Waals surface area contributed by atoms with Crippen molar-refractivity contribution in [1.29, 1.82) is 0 Å². The average Bonchev–Trinajstić information content (AvgIpc) is 2.65. The van der Waals surface area contributed by atoms with Crippen LogP contribution in [0.25, 0.3) is 0 Å². The lowest BCUT2D eigenvalue weighted by molar-refractivity contribution is -0.153. The van der Waals surface area contributed by atoms with E-state index >= 15 is 0 Å². The number of halogens is 2. The van der Waals surface area contributed by atoms with Crippen molar-refractivity contribution in [3.8, 4) is 5.75 Å². The van der Waals surface area contributed by atoms with E-state index in [-0.39, 0.29) is 24.7 Å². The molecule has 0 aromatic heterocycles. The molecule has 0 aliphatic carbocycles. The molecule has 0 saturated carbocycles. The van der Waals surface area contributed by atoms with E-state index in [2.05, 4.69) is 4.74 Å². The van der Waals surface area contributed by atoms with Crippen LogP contribution >= 0.6 is 0 Å². The van der Waals surface area contributed by atoms with Crippen LogP contribution in [0.15, 0.2) is 24.3 Å². The summed E-state index contributed by atoms with van der Waals surface area (Å²) >= 11 is 0. The molecule has 1 aromatic rings. The topological polar surface area (TPSA) is 107 Å². The molecule has 1 N–H and O–H groups in total. The number of carbonyl (C=O) groups is 2. The SMILES string of the molecule is [B]Cc1cc(C[B])c(OC(=O)/C=C/C(=O)OC(C)C(F)(F)S(=O)(=O)O)c(C[B])c1. The minimum atomic E-state index is -5.80. The predicted octanol–water partition coefficient (Wildman–Crippen LogP) is 0.566. The standard InChI is InChI=1S/C16H15B3F2O7S/c1-9(16(20,21)29(24,25)26)27-13(22)2-3-14(23)28-15-11(7-18)4-10(6-17)5-12(15)8-19/h2-5,9H,6-8H2,1H3,(H,24,25,26)/b3-2+. The summed E-state index contributed by atoms with van der Waals surface area (Å²) in [5, 5.41) is -4.73. The highest BCUT2D eigenvalue weighted by Gasteiger charge is 2.51. The lowest BCUT2D eigenvalue weighted by Gasteiger charge is -2.19. The molecule has 1 rings (SSSR count). The first-order chi connectivity index (χ1) is 13.4. The van der Waals surface area contributed by atoms with Crippen molar-refractivity contribution >= 4 is 45.6 Å². The molecule has 0 heterocycles. The molecule has 29 heavy (non-hydrogen) atoms. The second-order valence-corrected chi connectivity index (χ2v) is 7.22. The van der Waals surface area contributed by atoms with E-state index in [9.17, 15) is 26.8 Å². The summed E-state index contributed by atoms with van der Waals surface area (Å²) in [6.07, 6.45) is -1.28. The van der Waals surface area contributed by atoms with Crippen molar-refractivity contribution in [2.24, 2.45) is 0 Å². The third-order valence-corrected chi connectivity index (χ3v) is 4.67. The normalized spacial score (nSPS) is 13.2. The van der Waals surface area contributed by atoms with Gasteiger partial charge in [0.25, 0.3) is 0 Å². The summed E-state index contributed by atoms with van der Waals surface area (Å²) < 4.78 is 65.6. The molecule has 0 bridgehead atoms. The number of benzene rings is 1. The van der Waals surface area contributed by atoms with Crippen LogP contribution in [0.1, 0.15) is 23.6 Å². The largest absolute Gasteiger partial charge is 0.452 e. The van der Waals surface area contributed by atoms with Crippen molar-refractivity contribution in [2.75, 3.05) is 0 Å². The summed E-state index contributed by atoms with van der Waals surface area (Å²) in [7, 11) is 11.0. The lowest BCUT2D eigenvalue weighted by atomic mass is 9.85. The van der Waals surface area contributed by atoms with Gasteiger partial charge in [0.1, 0.15) is 5.75 Å². The Bertz CT molecular complexity index is 879. The monoisotopic (exact) mass is 422 g/mol. The first-order valence-electron chi connectivity index (χ1n) is 8.07. The predicted molar refractivity (Wildman–Crippen MR) is 102 cm³/mol. The second-order valence-electron chi connectivity index (χ2n) is 5.73. The minimum Gasteiger partial charge on any atom is -0.452 e. The number of alkyl halides is 2. The Kier molecular flexibility index (Phi) is 8.64. The van der Waals surface area contributed by atoms with Gasteiger partial charge in [-0.1, -0.05) is 36.7 Å². The fraction of sp³-hybridized carbons (Fsp3) is 0.375. The summed E-state index contributed by atoms with van der Waals surface area (Å²) in [6.45, 7) is 0.553. The van der Waals surface area contributed by atoms with Crippen LogP contribution in [0, 0.1) is 0 Å². The van der Waals surface area contributed by atoms with Crippen LogP contribution in [0.2, 0.25) is 0 Å². The quantitative estimate of drug-likeness (QED) is 0.204. The smallest absolute Gasteiger partial charge is 0.405 e. The highest BCUT2D eigenvalue weighted by atomic mass is 32.2.